The van der Waals surface area contributed by atoms with E-state index in [-0.39, 0.29) is 5.69 Å². The van der Waals surface area contributed by atoms with Crippen molar-refractivity contribution in [2.75, 3.05) is 5.73 Å². The summed E-state index contributed by atoms with van der Waals surface area (Å²) in [5.74, 6) is -2.20. The molecule has 4 nitrogen and oxygen atoms in total. The van der Waals surface area contributed by atoms with Gasteiger partial charge in [0.25, 0.3) is 0 Å². The molecule has 98 valence electrons. The lowest BCUT2D eigenvalue weighted by Crippen LogP contribution is -2.08. The van der Waals surface area contributed by atoms with E-state index in [1.807, 2.05) is 0 Å². The smallest absolute Gasteiger partial charge is 0.356 e. The number of anilines is 1. The maximum Gasteiger partial charge on any atom is 0.356 e. The Balaban J connectivity index is 2.70. The van der Waals surface area contributed by atoms with Gasteiger partial charge in [-0.25, -0.2) is 14.2 Å². The number of carboxylic acid groups (broad SMARTS) is 1. The van der Waals surface area contributed by atoms with Crippen molar-refractivity contribution in [3.63, 3.8) is 0 Å². The second-order valence-corrected chi connectivity index (χ2v) is 4.96. The van der Waals surface area contributed by atoms with Gasteiger partial charge in [-0.15, -0.1) is 0 Å². The van der Waals surface area contributed by atoms with E-state index in [4.69, 9.17) is 22.4 Å². The minimum Gasteiger partial charge on any atom is -0.476 e. The number of benzene rings is 1. The lowest BCUT2D eigenvalue weighted by molar-refractivity contribution is 0.0691. The first-order valence-electron chi connectivity index (χ1n) is 5.05. The van der Waals surface area contributed by atoms with Crippen molar-refractivity contribution in [3.05, 3.63) is 45.3 Å². The standard InChI is InChI=1S/C12H7BrClFN2O2/c13-6-3-1-5(2-4-6)10-8(15)9(16)7(14)11(17-10)12(18)19/h1-4H,(H2,16,17)(H,18,19). The van der Waals surface area contributed by atoms with Gasteiger partial charge in [-0.05, 0) is 12.1 Å². The molecule has 0 aliphatic heterocycles. The number of aromatic nitrogens is 1. The fourth-order valence-electron chi connectivity index (χ4n) is 1.50. The fraction of sp³-hybridized carbons (Fsp3) is 0. The molecule has 0 amide bonds. The molecule has 0 spiro atoms. The van der Waals surface area contributed by atoms with Crippen molar-refractivity contribution in [2.45, 2.75) is 0 Å². The molecule has 1 heterocycles. The Morgan fingerprint density at radius 1 is 1.37 bits per heavy atom. The number of nitrogens with two attached hydrogens (primary N) is 1. The predicted octanol–water partition coefficient (Wildman–Crippen LogP) is 3.58. The molecule has 1 aromatic heterocycles. The minimum absolute atomic E-state index is 0.146. The van der Waals surface area contributed by atoms with Crippen LogP contribution in [0.4, 0.5) is 10.1 Å². The zero-order chi connectivity index (χ0) is 14.2. The Bertz CT molecular complexity index is 662. The summed E-state index contributed by atoms with van der Waals surface area (Å²) in [6.07, 6.45) is 0. The molecule has 2 aromatic rings. The molecule has 0 radical (unpaired) electrons. The molecule has 0 saturated carbocycles. The molecule has 1 aromatic carbocycles. The predicted molar refractivity (Wildman–Crippen MR) is 73.7 cm³/mol. The lowest BCUT2D eigenvalue weighted by Gasteiger charge is -2.09. The summed E-state index contributed by atoms with van der Waals surface area (Å²) in [4.78, 5) is 14.7. The van der Waals surface area contributed by atoms with E-state index < -0.39 is 28.2 Å². The molecule has 0 aliphatic carbocycles. The van der Waals surface area contributed by atoms with Crippen molar-refractivity contribution in [3.8, 4) is 11.3 Å². The second kappa shape index (κ2) is 5.14. The first-order valence-corrected chi connectivity index (χ1v) is 6.22. The summed E-state index contributed by atoms with van der Waals surface area (Å²) in [7, 11) is 0. The van der Waals surface area contributed by atoms with E-state index in [9.17, 15) is 9.18 Å². The van der Waals surface area contributed by atoms with Crippen LogP contribution < -0.4 is 5.73 Å². The highest BCUT2D eigenvalue weighted by atomic mass is 79.9. The molecular formula is C12H7BrClFN2O2. The van der Waals surface area contributed by atoms with Crippen LogP contribution in [0.2, 0.25) is 5.02 Å². The third-order valence-corrected chi connectivity index (χ3v) is 3.34. The van der Waals surface area contributed by atoms with Gasteiger partial charge in [0.15, 0.2) is 11.5 Å². The summed E-state index contributed by atoms with van der Waals surface area (Å²) >= 11 is 8.91. The molecule has 2 rings (SSSR count). The topological polar surface area (TPSA) is 76.2 Å². The van der Waals surface area contributed by atoms with Gasteiger partial charge in [0.05, 0.1) is 10.7 Å². The third-order valence-electron chi connectivity index (χ3n) is 2.43. The average Bonchev–Trinajstić information content (AvgIpc) is 2.37. The molecule has 0 atom stereocenters. The highest BCUT2D eigenvalue weighted by molar-refractivity contribution is 9.10. The van der Waals surface area contributed by atoms with Gasteiger partial charge < -0.3 is 10.8 Å². The number of rotatable bonds is 2. The fourth-order valence-corrected chi connectivity index (χ4v) is 1.97. The van der Waals surface area contributed by atoms with Crippen LogP contribution in [0.3, 0.4) is 0 Å². The van der Waals surface area contributed by atoms with Crippen LogP contribution in [-0.4, -0.2) is 16.1 Å². The number of nitrogens with zero attached hydrogens (tertiary/aromatic N) is 1. The molecule has 0 aliphatic rings. The van der Waals surface area contributed by atoms with Crippen LogP contribution in [0.5, 0.6) is 0 Å². The average molecular weight is 346 g/mol. The molecule has 0 saturated heterocycles. The molecule has 3 N–H and O–H groups in total. The first-order chi connectivity index (χ1) is 8.91. The Hall–Kier alpha value is -1.66. The molecule has 7 heteroatoms. The van der Waals surface area contributed by atoms with Gasteiger partial charge in [0.1, 0.15) is 5.69 Å². The number of carbonyl (C=O) groups is 1. The molecule has 19 heavy (non-hydrogen) atoms. The summed E-state index contributed by atoms with van der Waals surface area (Å²) in [6, 6.07) is 6.55. The number of nitrogen functional groups attached to an aromatic ring is 1. The van der Waals surface area contributed by atoms with Gasteiger partial charge in [0.2, 0.25) is 0 Å². The summed E-state index contributed by atoms with van der Waals surface area (Å²) in [5, 5.41) is 8.57. The number of hydrogen-bond acceptors (Lipinski definition) is 3. The van der Waals surface area contributed by atoms with E-state index in [1.165, 1.54) is 0 Å². The Kier molecular flexibility index (Phi) is 3.73. The Morgan fingerprint density at radius 3 is 2.47 bits per heavy atom. The number of carboxylic acids is 1. The van der Waals surface area contributed by atoms with Gasteiger partial charge in [0, 0.05) is 10.0 Å². The summed E-state index contributed by atoms with van der Waals surface area (Å²) < 4.78 is 14.8. The van der Waals surface area contributed by atoms with Crippen molar-refractivity contribution < 1.29 is 14.3 Å². The maximum atomic E-state index is 14.0. The van der Waals surface area contributed by atoms with Crippen LogP contribution in [0.25, 0.3) is 11.3 Å². The molecule has 0 unspecified atom stereocenters. The van der Waals surface area contributed by atoms with Crippen LogP contribution in [0.15, 0.2) is 28.7 Å². The number of halogens is 3. The highest BCUT2D eigenvalue weighted by Gasteiger charge is 2.21. The monoisotopic (exact) mass is 344 g/mol. The largest absolute Gasteiger partial charge is 0.476 e. The maximum absolute atomic E-state index is 14.0. The molecule has 0 fully saturated rings. The van der Waals surface area contributed by atoms with Crippen LogP contribution >= 0.6 is 27.5 Å². The van der Waals surface area contributed by atoms with E-state index in [0.717, 1.165) is 4.47 Å². The number of hydrogen-bond donors (Lipinski definition) is 2. The second-order valence-electron chi connectivity index (χ2n) is 3.66. The zero-order valence-electron chi connectivity index (χ0n) is 9.32. The molecular weight excluding hydrogens is 338 g/mol. The Labute approximate surface area is 121 Å². The van der Waals surface area contributed by atoms with Crippen LogP contribution in [0, 0.1) is 5.82 Å². The van der Waals surface area contributed by atoms with E-state index in [2.05, 4.69) is 20.9 Å². The lowest BCUT2D eigenvalue weighted by atomic mass is 10.1. The van der Waals surface area contributed by atoms with Gasteiger partial charge in [-0.3, -0.25) is 0 Å². The SMILES string of the molecule is Nc1c(F)c(-c2ccc(Br)cc2)nc(C(=O)O)c1Cl. The number of aromatic carboxylic acids is 1. The zero-order valence-corrected chi connectivity index (χ0v) is 11.7. The van der Waals surface area contributed by atoms with Gasteiger partial charge >= 0.3 is 5.97 Å². The van der Waals surface area contributed by atoms with Crippen LogP contribution in [0.1, 0.15) is 10.5 Å². The highest BCUT2D eigenvalue weighted by Crippen LogP contribution is 2.32. The van der Waals surface area contributed by atoms with Crippen molar-refractivity contribution in [1.29, 1.82) is 0 Å². The van der Waals surface area contributed by atoms with E-state index in [0.29, 0.717) is 5.56 Å². The van der Waals surface area contributed by atoms with Crippen molar-refractivity contribution >= 4 is 39.2 Å². The normalized spacial score (nSPS) is 10.5. The first kappa shape index (κ1) is 13.8. The Morgan fingerprint density at radius 2 is 1.95 bits per heavy atom. The summed E-state index contributed by atoms with van der Waals surface area (Å²) in [5.41, 5.74) is 4.83. The van der Waals surface area contributed by atoms with E-state index in [1.54, 1.807) is 24.3 Å². The van der Waals surface area contributed by atoms with Gasteiger partial charge in [-0.1, -0.05) is 39.7 Å². The number of pyridine rings is 1. The summed E-state index contributed by atoms with van der Waals surface area (Å²) in [6.45, 7) is 0. The molecule has 0 bridgehead atoms. The minimum atomic E-state index is -1.37. The van der Waals surface area contributed by atoms with Crippen molar-refractivity contribution in [2.24, 2.45) is 0 Å². The van der Waals surface area contributed by atoms with E-state index >= 15 is 0 Å². The van der Waals surface area contributed by atoms with Gasteiger partial charge in [-0.2, -0.15) is 0 Å². The van der Waals surface area contributed by atoms with Crippen LogP contribution in [-0.2, 0) is 0 Å². The third kappa shape index (κ3) is 2.54. The quantitative estimate of drug-likeness (QED) is 0.872. The van der Waals surface area contributed by atoms with Crippen molar-refractivity contribution in [1.82, 2.24) is 4.98 Å².